The van der Waals surface area contributed by atoms with E-state index in [1.54, 1.807) is 17.5 Å². The first-order chi connectivity index (χ1) is 12.0. The van der Waals surface area contributed by atoms with Crippen LogP contribution in [0.3, 0.4) is 0 Å². The summed E-state index contributed by atoms with van der Waals surface area (Å²) in [6, 6.07) is 10.9. The first kappa shape index (κ1) is 19.4. The van der Waals surface area contributed by atoms with Gasteiger partial charge in [0.2, 0.25) is 15.9 Å². The molecule has 25 heavy (non-hydrogen) atoms. The summed E-state index contributed by atoms with van der Waals surface area (Å²) in [5.74, 6) is 0.703. The lowest BCUT2D eigenvalue weighted by molar-refractivity contribution is -0.121. The van der Waals surface area contributed by atoms with E-state index in [0.717, 1.165) is 22.6 Å². The molecule has 136 valence electrons. The van der Waals surface area contributed by atoms with Crippen LogP contribution >= 0.6 is 11.3 Å². The maximum absolute atomic E-state index is 11.9. The highest BCUT2D eigenvalue weighted by Crippen LogP contribution is 2.16. The third-order valence-electron chi connectivity index (χ3n) is 3.40. The Morgan fingerprint density at radius 3 is 2.68 bits per heavy atom. The molecule has 0 aliphatic heterocycles. The van der Waals surface area contributed by atoms with Crippen LogP contribution < -0.4 is 14.8 Å². The number of para-hydroxylation sites is 1. The van der Waals surface area contributed by atoms with Crippen LogP contribution in [-0.4, -0.2) is 34.0 Å². The van der Waals surface area contributed by atoms with Crippen LogP contribution in [-0.2, 0) is 14.8 Å². The summed E-state index contributed by atoms with van der Waals surface area (Å²) in [5, 5.41) is 4.40. The van der Waals surface area contributed by atoms with Crippen molar-refractivity contribution >= 4 is 27.3 Å². The molecule has 1 heterocycles. The molecule has 0 fully saturated rings. The number of benzene rings is 1. The number of amides is 1. The van der Waals surface area contributed by atoms with Gasteiger partial charge in [-0.25, -0.2) is 13.1 Å². The summed E-state index contributed by atoms with van der Waals surface area (Å²) in [7, 11) is -3.47. The zero-order valence-corrected chi connectivity index (χ0v) is 15.7. The van der Waals surface area contributed by atoms with Gasteiger partial charge in [-0.3, -0.25) is 4.79 Å². The van der Waals surface area contributed by atoms with Crippen molar-refractivity contribution in [2.75, 3.05) is 19.7 Å². The number of nitrogens with one attached hydrogen (secondary N) is 2. The van der Waals surface area contributed by atoms with Crippen molar-refractivity contribution in [3.8, 4) is 5.75 Å². The third kappa shape index (κ3) is 6.49. The number of rotatable bonds is 10. The van der Waals surface area contributed by atoms with E-state index in [1.165, 1.54) is 0 Å². The molecule has 1 amide bonds. The molecule has 6 nitrogen and oxygen atoms in total. The number of ether oxygens (including phenoxy) is 1. The number of carbonyl (C=O) groups excluding carboxylic acids is 1. The minimum Gasteiger partial charge on any atom is -0.493 e. The molecule has 0 unspecified atom stereocenters. The molecule has 0 spiro atoms. The van der Waals surface area contributed by atoms with Gasteiger partial charge in [0.25, 0.3) is 0 Å². The van der Waals surface area contributed by atoms with Crippen molar-refractivity contribution in [3.05, 3.63) is 47.3 Å². The molecule has 2 aromatic rings. The number of thiophene rings is 1. The van der Waals surface area contributed by atoms with Gasteiger partial charge in [-0.1, -0.05) is 24.3 Å². The summed E-state index contributed by atoms with van der Waals surface area (Å²) in [6.45, 7) is 2.84. The Balaban J connectivity index is 1.58. The van der Waals surface area contributed by atoms with Gasteiger partial charge < -0.3 is 10.1 Å². The number of aryl methyl sites for hydroxylation is 1. The molecule has 8 heteroatoms. The molecule has 0 aliphatic carbocycles. The van der Waals surface area contributed by atoms with Gasteiger partial charge in [-0.15, -0.1) is 11.3 Å². The van der Waals surface area contributed by atoms with Gasteiger partial charge in [0, 0.05) is 19.5 Å². The largest absolute Gasteiger partial charge is 0.493 e. The highest BCUT2D eigenvalue weighted by molar-refractivity contribution is 7.91. The number of hydrogen-bond acceptors (Lipinski definition) is 5. The Bertz CT molecular complexity index is 774. The van der Waals surface area contributed by atoms with Crippen LogP contribution in [0.4, 0.5) is 0 Å². The molecule has 1 aromatic heterocycles. The van der Waals surface area contributed by atoms with E-state index in [-0.39, 0.29) is 23.2 Å². The van der Waals surface area contributed by atoms with Gasteiger partial charge in [0.1, 0.15) is 9.96 Å². The normalized spacial score (nSPS) is 11.2. The monoisotopic (exact) mass is 382 g/mol. The van der Waals surface area contributed by atoms with E-state index in [4.69, 9.17) is 4.74 Å². The number of carbonyl (C=O) groups is 1. The Morgan fingerprint density at radius 2 is 1.96 bits per heavy atom. The maximum atomic E-state index is 11.9. The second-order valence-corrected chi connectivity index (χ2v) is 8.34. The summed E-state index contributed by atoms with van der Waals surface area (Å²) >= 11 is 1.16. The van der Waals surface area contributed by atoms with E-state index in [1.807, 2.05) is 31.2 Å². The first-order valence-electron chi connectivity index (χ1n) is 7.97. The summed E-state index contributed by atoms with van der Waals surface area (Å²) in [4.78, 5) is 11.7. The molecule has 1 aromatic carbocycles. The fraction of sp³-hybridized carbons (Fsp3) is 0.353. The molecular weight excluding hydrogens is 360 g/mol. The van der Waals surface area contributed by atoms with E-state index < -0.39 is 10.0 Å². The zero-order valence-electron chi connectivity index (χ0n) is 14.0. The van der Waals surface area contributed by atoms with Crippen LogP contribution in [0, 0.1) is 6.92 Å². The van der Waals surface area contributed by atoms with Crippen LogP contribution in [0.2, 0.25) is 0 Å². The third-order valence-corrected chi connectivity index (χ3v) is 6.26. The van der Waals surface area contributed by atoms with E-state index in [0.29, 0.717) is 19.4 Å². The van der Waals surface area contributed by atoms with Crippen molar-refractivity contribution in [2.45, 2.75) is 24.0 Å². The predicted octanol–water partition coefficient (Wildman–Crippen LogP) is 2.31. The lowest BCUT2D eigenvalue weighted by Crippen LogP contribution is -2.34. The van der Waals surface area contributed by atoms with Crippen molar-refractivity contribution < 1.29 is 17.9 Å². The molecule has 0 saturated carbocycles. The summed E-state index contributed by atoms with van der Waals surface area (Å²) in [5.41, 5.74) is 1.06. The lowest BCUT2D eigenvalue weighted by Gasteiger charge is -2.09. The summed E-state index contributed by atoms with van der Waals surface area (Å²) < 4.78 is 32.1. The SMILES string of the molecule is Cc1ccccc1OCCCC(=O)NCCNS(=O)(=O)c1cccs1. The molecule has 0 aliphatic rings. The molecular formula is C17H22N2O4S2. The maximum Gasteiger partial charge on any atom is 0.250 e. The Hall–Kier alpha value is -1.90. The Morgan fingerprint density at radius 1 is 1.16 bits per heavy atom. The minimum absolute atomic E-state index is 0.122. The van der Waals surface area contributed by atoms with Gasteiger partial charge in [0.05, 0.1) is 6.61 Å². The van der Waals surface area contributed by atoms with E-state index >= 15 is 0 Å². The number of sulfonamides is 1. The molecule has 2 rings (SSSR count). The summed E-state index contributed by atoms with van der Waals surface area (Å²) in [6.07, 6.45) is 0.935. The van der Waals surface area contributed by atoms with Crippen LogP contribution in [0.5, 0.6) is 5.75 Å². The van der Waals surface area contributed by atoms with Crippen LogP contribution in [0.25, 0.3) is 0 Å². The predicted molar refractivity (Wildman–Crippen MR) is 98.4 cm³/mol. The van der Waals surface area contributed by atoms with Gasteiger partial charge >= 0.3 is 0 Å². The highest BCUT2D eigenvalue weighted by Gasteiger charge is 2.13. The lowest BCUT2D eigenvalue weighted by atomic mass is 10.2. The van der Waals surface area contributed by atoms with Crippen molar-refractivity contribution in [3.63, 3.8) is 0 Å². The second-order valence-electron chi connectivity index (χ2n) is 5.40. The van der Waals surface area contributed by atoms with Gasteiger partial charge in [-0.05, 0) is 36.4 Å². The first-order valence-corrected chi connectivity index (χ1v) is 10.3. The van der Waals surface area contributed by atoms with Crippen molar-refractivity contribution in [1.29, 1.82) is 0 Å². The standard InChI is InChI=1S/C17H22N2O4S2/c1-14-6-2-3-7-15(14)23-12-4-8-16(20)18-10-11-19-25(21,22)17-9-5-13-24-17/h2-3,5-7,9,13,19H,4,8,10-12H2,1H3,(H,18,20). The number of hydrogen-bond donors (Lipinski definition) is 2. The molecule has 0 bridgehead atoms. The van der Waals surface area contributed by atoms with Gasteiger partial charge in [0.15, 0.2) is 0 Å². The van der Waals surface area contributed by atoms with Crippen LogP contribution in [0.15, 0.2) is 46.0 Å². The zero-order chi connectivity index (χ0) is 18.1. The molecule has 0 radical (unpaired) electrons. The Kier molecular flexibility index (Phi) is 7.42. The smallest absolute Gasteiger partial charge is 0.250 e. The Labute approximate surface area is 152 Å². The van der Waals surface area contributed by atoms with E-state index in [9.17, 15) is 13.2 Å². The topological polar surface area (TPSA) is 84.5 Å². The fourth-order valence-electron chi connectivity index (χ4n) is 2.10. The second kappa shape index (κ2) is 9.55. The molecule has 0 atom stereocenters. The van der Waals surface area contributed by atoms with Gasteiger partial charge in [-0.2, -0.15) is 0 Å². The highest BCUT2D eigenvalue weighted by atomic mass is 32.2. The molecule has 2 N–H and O–H groups in total. The van der Waals surface area contributed by atoms with E-state index in [2.05, 4.69) is 10.0 Å². The van der Waals surface area contributed by atoms with Crippen molar-refractivity contribution in [1.82, 2.24) is 10.0 Å². The quantitative estimate of drug-likeness (QED) is 0.618. The average molecular weight is 383 g/mol. The fourth-order valence-corrected chi connectivity index (χ4v) is 4.17. The average Bonchev–Trinajstić information content (AvgIpc) is 3.13. The van der Waals surface area contributed by atoms with Crippen molar-refractivity contribution in [2.24, 2.45) is 0 Å². The minimum atomic E-state index is -3.47. The molecule has 0 saturated heterocycles. The van der Waals surface area contributed by atoms with Crippen LogP contribution in [0.1, 0.15) is 18.4 Å².